The highest BCUT2D eigenvalue weighted by Crippen LogP contribution is 2.24. The number of hydrogen-bond donors (Lipinski definition) is 2. The molecule has 1 aromatic carbocycles. The molecular formula is C15H19FN2O4. The van der Waals surface area contributed by atoms with Gasteiger partial charge in [0, 0.05) is 12.1 Å². The van der Waals surface area contributed by atoms with Crippen molar-refractivity contribution in [2.24, 2.45) is 5.73 Å². The molecule has 1 aliphatic rings. The summed E-state index contributed by atoms with van der Waals surface area (Å²) in [5, 5.41) is 10.1. The molecule has 1 aliphatic heterocycles. The van der Waals surface area contributed by atoms with Gasteiger partial charge < -0.3 is 20.5 Å². The molecule has 0 saturated carbocycles. The molecule has 1 saturated heterocycles. The van der Waals surface area contributed by atoms with Crippen LogP contribution in [0.2, 0.25) is 0 Å². The predicted molar refractivity (Wildman–Crippen MR) is 76.6 cm³/mol. The molecule has 1 heterocycles. The molecule has 7 heteroatoms. The lowest BCUT2D eigenvalue weighted by atomic mass is 9.92. The highest BCUT2D eigenvalue weighted by Gasteiger charge is 2.40. The van der Waals surface area contributed by atoms with E-state index in [9.17, 15) is 19.1 Å². The van der Waals surface area contributed by atoms with Gasteiger partial charge in [0.2, 0.25) is 5.91 Å². The average Bonchev–Trinajstić information content (AvgIpc) is 2.47. The van der Waals surface area contributed by atoms with Gasteiger partial charge in [0.1, 0.15) is 11.6 Å². The van der Waals surface area contributed by atoms with E-state index in [1.807, 2.05) is 0 Å². The van der Waals surface area contributed by atoms with Crippen molar-refractivity contribution < 1.29 is 23.8 Å². The van der Waals surface area contributed by atoms with E-state index in [2.05, 4.69) is 0 Å². The fourth-order valence-electron chi connectivity index (χ4n) is 2.61. The lowest BCUT2D eigenvalue weighted by molar-refractivity contribution is -0.148. The van der Waals surface area contributed by atoms with Crippen molar-refractivity contribution in [3.8, 4) is 5.75 Å². The van der Waals surface area contributed by atoms with Gasteiger partial charge in [-0.05, 0) is 31.0 Å². The number of carbonyl (C=O) groups is 2. The Morgan fingerprint density at radius 3 is 2.86 bits per heavy atom. The average molecular weight is 310 g/mol. The lowest BCUT2D eigenvalue weighted by Crippen LogP contribution is -2.57. The van der Waals surface area contributed by atoms with Crippen LogP contribution in [0.4, 0.5) is 4.39 Å². The predicted octanol–water partition coefficient (Wildman–Crippen LogP) is 0.216. The minimum Gasteiger partial charge on any atom is -0.496 e. The fourth-order valence-corrected chi connectivity index (χ4v) is 2.61. The Morgan fingerprint density at radius 1 is 1.50 bits per heavy atom. The Hall–Kier alpha value is -2.15. The standard InChI is InChI=1S/C15H19FN2O4/c1-22-12-4-3-11(16)7-10(12)8-13(19)18-6-2-5-15(21,9-18)14(17)20/h3-4,7,21H,2,5-6,8-9H2,1H3,(H2,17,20)/t15-/m1/s1. The Kier molecular flexibility index (Phi) is 4.65. The molecule has 2 amide bonds. The van der Waals surface area contributed by atoms with Gasteiger partial charge in [-0.3, -0.25) is 9.59 Å². The molecule has 0 spiro atoms. The number of methoxy groups -OCH3 is 1. The van der Waals surface area contributed by atoms with Crippen LogP contribution >= 0.6 is 0 Å². The minimum atomic E-state index is -1.69. The van der Waals surface area contributed by atoms with Crippen LogP contribution in [0.3, 0.4) is 0 Å². The number of nitrogens with two attached hydrogens (primary N) is 1. The number of rotatable bonds is 4. The van der Waals surface area contributed by atoms with E-state index in [0.717, 1.165) is 0 Å². The fraction of sp³-hybridized carbons (Fsp3) is 0.467. The summed E-state index contributed by atoms with van der Waals surface area (Å²) in [7, 11) is 1.44. The van der Waals surface area contributed by atoms with Crippen LogP contribution in [0, 0.1) is 5.82 Å². The maximum absolute atomic E-state index is 13.3. The normalized spacial score (nSPS) is 21.5. The quantitative estimate of drug-likeness (QED) is 0.832. The topological polar surface area (TPSA) is 92.9 Å². The van der Waals surface area contributed by atoms with Crippen LogP contribution in [0.5, 0.6) is 5.75 Å². The van der Waals surface area contributed by atoms with E-state index >= 15 is 0 Å². The summed E-state index contributed by atoms with van der Waals surface area (Å²) in [6.07, 6.45) is 0.636. The number of amides is 2. The number of nitrogens with zero attached hydrogens (tertiary/aromatic N) is 1. The Bertz CT molecular complexity index is 593. The Morgan fingerprint density at radius 2 is 2.23 bits per heavy atom. The van der Waals surface area contributed by atoms with Crippen LogP contribution in [-0.2, 0) is 16.0 Å². The number of likely N-dealkylation sites (tertiary alicyclic amines) is 1. The van der Waals surface area contributed by atoms with Gasteiger partial charge in [0.05, 0.1) is 20.1 Å². The SMILES string of the molecule is COc1ccc(F)cc1CC(=O)N1CCC[C@](O)(C(N)=O)C1. The Labute approximate surface area is 127 Å². The lowest BCUT2D eigenvalue weighted by Gasteiger charge is -2.37. The first kappa shape index (κ1) is 16.2. The number of β-amino-alcohol motifs (C(OH)–C–C–N with tert-alkyl or cyclic N) is 1. The number of primary amides is 1. The molecular weight excluding hydrogens is 291 g/mol. The molecule has 2 rings (SSSR count). The molecule has 6 nitrogen and oxygen atoms in total. The Balaban J connectivity index is 2.12. The number of aliphatic hydroxyl groups is 1. The monoisotopic (exact) mass is 310 g/mol. The second-order valence-electron chi connectivity index (χ2n) is 5.45. The first-order chi connectivity index (χ1) is 10.4. The smallest absolute Gasteiger partial charge is 0.251 e. The van der Waals surface area contributed by atoms with Gasteiger partial charge >= 0.3 is 0 Å². The molecule has 0 aromatic heterocycles. The van der Waals surface area contributed by atoms with Crippen molar-refractivity contribution in [2.45, 2.75) is 24.9 Å². The van der Waals surface area contributed by atoms with Crippen molar-refractivity contribution in [3.63, 3.8) is 0 Å². The van der Waals surface area contributed by atoms with Crippen molar-refractivity contribution in [3.05, 3.63) is 29.6 Å². The molecule has 0 radical (unpaired) electrons. The molecule has 3 N–H and O–H groups in total. The number of carbonyl (C=O) groups excluding carboxylic acids is 2. The molecule has 1 atom stereocenters. The third-order valence-electron chi connectivity index (χ3n) is 3.87. The summed E-state index contributed by atoms with van der Waals surface area (Å²) in [5.74, 6) is -1.20. The number of hydrogen-bond acceptors (Lipinski definition) is 4. The van der Waals surface area contributed by atoms with E-state index in [0.29, 0.717) is 24.3 Å². The summed E-state index contributed by atoms with van der Waals surface area (Å²) in [6.45, 7) is 0.283. The van der Waals surface area contributed by atoms with Crippen molar-refractivity contribution in [1.29, 1.82) is 0 Å². The summed E-state index contributed by atoms with van der Waals surface area (Å²) in [4.78, 5) is 25.0. The van der Waals surface area contributed by atoms with Crippen molar-refractivity contribution in [1.82, 2.24) is 4.90 Å². The van der Waals surface area contributed by atoms with E-state index in [1.54, 1.807) is 0 Å². The summed E-state index contributed by atoms with van der Waals surface area (Å²) in [5.41, 5.74) is 3.91. The summed E-state index contributed by atoms with van der Waals surface area (Å²) < 4.78 is 18.4. The van der Waals surface area contributed by atoms with Crippen molar-refractivity contribution in [2.75, 3.05) is 20.2 Å². The van der Waals surface area contributed by atoms with E-state index in [4.69, 9.17) is 10.5 Å². The van der Waals surface area contributed by atoms with Crippen LogP contribution in [-0.4, -0.2) is 47.6 Å². The summed E-state index contributed by atoms with van der Waals surface area (Å²) >= 11 is 0. The second kappa shape index (κ2) is 6.31. The molecule has 0 unspecified atom stereocenters. The summed E-state index contributed by atoms with van der Waals surface area (Å²) in [6, 6.07) is 3.94. The molecule has 1 fully saturated rings. The highest BCUT2D eigenvalue weighted by molar-refractivity contribution is 5.85. The van der Waals surface area contributed by atoms with E-state index in [1.165, 1.54) is 30.2 Å². The first-order valence-corrected chi connectivity index (χ1v) is 6.98. The van der Waals surface area contributed by atoms with Crippen LogP contribution < -0.4 is 10.5 Å². The zero-order chi connectivity index (χ0) is 16.3. The van der Waals surface area contributed by atoms with E-state index < -0.39 is 17.3 Å². The highest BCUT2D eigenvalue weighted by atomic mass is 19.1. The van der Waals surface area contributed by atoms with Crippen LogP contribution in [0.25, 0.3) is 0 Å². The third-order valence-corrected chi connectivity index (χ3v) is 3.87. The molecule has 120 valence electrons. The van der Waals surface area contributed by atoms with Gasteiger partial charge in [-0.1, -0.05) is 0 Å². The van der Waals surface area contributed by atoms with Crippen molar-refractivity contribution >= 4 is 11.8 Å². The number of piperidine rings is 1. The molecule has 22 heavy (non-hydrogen) atoms. The van der Waals surface area contributed by atoms with Crippen LogP contribution in [0.1, 0.15) is 18.4 Å². The maximum Gasteiger partial charge on any atom is 0.251 e. The zero-order valence-corrected chi connectivity index (χ0v) is 12.3. The van der Waals surface area contributed by atoms with Gasteiger partial charge in [-0.25, -0.2) is 4.39 Å². The van der Waals surface area contributed by atoms with Crippen LogP contribution in [0.15, 0.2) is 18.2 Å². The number of benzene rings is 1. The molecule has 0 aliphatic carbocycles. The molecule has 1 aromatic rings. The van der Waals surface area contributed by atoms with Gasteiger partial charge in [-0.2, -0.15) is 0 Å². The van der Waals surface area contributed by atoms with Gasteiger partial charge in [0.25, 0.3) is 5.91 Å². The van der Waals surface area contributed by atoms with Gasteiger partial charge in [0.15, 0.2) is 5.60 Å². The van der Waals surface area contributed by atoms with Gasteiger partial charge in [-0.15, -0.1) is 0 Å². The minimum absolute atomic E-state index is 0.0736. The maximum atomic E-state index is 13.3. The molecule has 0 bridgehead atoms. The number of halogens is 1. The largest absolute Gasteiger partial charge is 0.496 e. The zero-order valence-electron chi connectivity index (χ0n) is 12.3. The van der Waals surface area contributed by atoms with E-state index in [-0.39, 0.29) is 25.3 Å². The first-order valence-electron chi connectivity index (χ1n) is 6.98. The third kappa shape index (κ3) is 3.36. The number of ether oxygens (including phenoxy) is 1. The second-order valence-corrected chi connectivity index (χ2v) is 5.45.